The molecule has 0 radical (unpaired) electrons. The molecule has 6 heteroatoms. The Morgan fingerprint density at radius 1 is 1.48 bits per heavy atom. The van der Waals surface area contributed by atoms with Crippen molar-refractivity contribution in [1.29, 1.82) is 0 Å². The van der Waals surface area contributed by atoms with Crippen molar-refractivity contribution in [2.75, 3.05) is 19.7 Å². The number of hydrogen-bond acceptors (Lipinski definition) is 3. The molecule has 2 N–H and O–H groups in total. The lowest BCUT2D eigenvalue weighted by Gasteiger charge is -2.54. The molecule has 2 fully saturated rings. The van der Waals surface area contributed by atoms with Crippen molar-refractivity contribution in [3.63, 3.8) is 0 Å². The molecule has 1 saturated carbocycles. The number of thiophene rings is 1. The summed E-state index contributed by atoms with van der Waals surface area (Å²) in [5.41, 5.74) is 0.186. The fourth-order valence-corrected chi connectivity index (χ4v) is 4.52. The first-order valence-electron chi connectivity index (χ1n) is 8.31. The fraction of sp³-hybridized carbons (Fsp3) is 0.706. The van der Waals surface area contributed by atoms with Crippen LogP contribution in [0.5, 0.6) is 0 Å². The maximum absolute atomic E-state index is 5.87. The molecular weight excluding hydrogens is 421 g/mol. The van der Waals surface area contributed by atoms with Gasteiger partial charge in [-0.05, 0) is 24.8 Å². The number of aliphatic imine (C=N–C) groups is 1. The van der Waals surface area contributed by atoms with E-state index in [4.69, 9.17) is 9.73 Å². The van der Waals surface area contributed by atoms with Crippen molar-refractivity contribution >= 4 is 41.3 Å². The van der Waals surface area contributed by atoms with E-state index in [1.807, 2.05) is 0 Å². The first-order chi connectivity index (χ1) is 10.6. The molecule has 4 nitrogen and oxygen atoms in total. The molecule has 2 aliphatic rings. The summed E-state index contributed by atoms with van der Waals surface area (Å²) >= 11 is 1.80. The zero-order chi connectivity index (χ0) is 15.6. The Labute approximate surface area is 160 Å². The highest BCUT2D eigenvalue weighted by molar-refractivity contribution is 14.0. The molecule has 0 amide bonds. The van der Waals surface area contributed by atoms with E-state index < -0.39 is 0 Å². The Morgan fingerprint density at radius 3 is 3.00 bits per heavy atom. The minimum atomic E-state index is 0. The highest BCUT2D eigenvalue weighted by Gasteiger charge is 2.59. The van der Waals surface area contributed by atoms with Gasteiger partial charge < -0.3 is 15.4 Å². The molecule has 3 unspecified atom stereocenters. The summed E-state index contributed by atoms with van der Waals surface area (Å²) in [7, 11) is 0. The second kappa shape index (κ2) is 8.16. The van der Waals surface area contributed by atoms with Crippen molar-refractivity contribution in [3.8, 4) is 0 Å². The average molecular weight is 449 g/mol. The lowest BCUT2D eigenvalue weighted by atomic mass is 9.57. The van der Waals surface area contributed by atoms with Gasteiger partial charge in [0.1, 0.15) is 0 Å². The van der Waals surface area contributed by atoms with Gasteiger partial charge in [-0.1, -0.05) is 19.9 Å². The van der Waals surface area contributed by atoms with Crippen molar-refractivity contribution < 1.29 is 4.74 Å². The van der Waals surface area contributed by atoms with Crippen LogP contribution < -0.4 is 10.6 Å². The van der Waals surface area contributed by atoms with Gasteiger partial charge in [0.25, 0.3) is 0 Å². The molecule has 0 spiro atoms. The highest BCUT2D eigenvalue weighted by Crippen LogP contribution is 2.52. The van der Waals surface area contributed by atoms with Crippen LogP contribution in [0.15, 0.2) is 22.5 Å². The first kappa shape index (κ1) is 19.0. The number of nitrogens with zero attached hydrogens (tertiary/aromatic N) is 1. The molecule has 0 bridgehead atoms. The summed E-state index contributed by atoms with van der Waals surface area (Å²) in [5, 5.41) is 9.16. The second-order valence-corrected chi connectivity index (χ2v) is 7.81. The zero-order valence-electron chi connectivity index (χ0n) is 14.2. The lowest BCUT2D eigenvalue weighted by molar-refractivity contribution is -0.106. The van der Waals surface area contributed by atoms with Crippen molar-refractivity contribution in [3.05, 3.63) is 22.4 Å². The Bertz CT molecular complexity index is 518. The van der Waals surface area contributed by atoms with Crippen LogP contribution in [0, 0.1) is 11.3 Å². The van der Waals surface area contributed by atoms with Crippen LogP contribution in [-0.2, 0) is 11.2 Å². The summed E-state index contributed by atoms with van der Waals surface area (Å²) in [5.74, 6) is 1.58. The van der Waals surface area contributed by atoms with Gasteiger partial charge in [0.05, 0.1) is 6.10 Å². The van der Waals surface area contributed by atoms with E-state index in [0.717, 1.165) is 32.1 Å². The largest absolute Gasteiger partial charge is 0.377 e. The standard InChI is InChI=1S/C17H27N3OS.HI/c1-4-18-16(19-9-7-12-6-5-11-22-12)20-14-13-8-10-21-15(13)17(14,2)3;/h5-6,11,13-15H,4,7-10H2,1-3H3,(H2,18,19,20);1H. The van der Waals surface area contributed by atoms with E-state index in [9.17, 15) is 0 Å². The number of nitrogens with one attached hydrogen (secondary N) is 2. The molecule has 3 atom stereocenters. The van der Waals surface area contributed by atoms with Gasteiger partial charge >= 0.3 is 0 Å². The molecule has 1 aromatic heterocycles. The zero-order valence-corrected chi connectivity index (χ0v) is 17.3. The third kappa shape index (κ3) is 4.02. The maximum atomic E-state index is 5.87. The third-order valence-electron chi connectivity index (χ3n) is 4.95. The Morgan fingerprint density at radius 2 is 2.30 bits per heavy atom. The molecule has 1 saturated heterocycles. The highest BCUT2D eigenvalue weighted by atomic mass is 127. The second-order valence-electron chi connectivity index (χ2n) is 6.78. The quantitative estimate of drug-likeness (QED) is 0.412. The summed E-state index contributed by atoms with van der Waals surface area (Å²) in [6, 6.07) is 4.74. The van der Waals surface area contributed by atoms with E-state index in [1.54, 1.807) is 11.3 Å². The van der Waals surface area contributed by atoms with Gasteiger partial charge in [0.2, 0.25) is 0 Å². The molecule has 2 heterocycles. The fourth-order valence-electron chi connectivity index (χ4n) is 3.82. The van der Waals surface area contributed by atoms with E-state index in [1.165, 1.54) is 11.3 Å². The van der Waals surface area contributed by atoms with Crippen LogP contribution >= 0.6 is 35.3 Å². The van der Waals surface area contributed by atoms with Gasteiger partial charge in [0.15, 0.2) is 5.96 Å². The van der Waals surface area contributed by atoms with E-state index in [-0.39, 0.29) is 29.4 Å². The van der Waals surface area contributed by atoms with Crippen LogP contribution in [0.4, 0.5) is 0 Å². The van der Waals surface area contributed by atoms with Crippen LogP contribution in [0.1, 0.15) is 32.1 Å². The number of rotatable bonds is 5. The predicted octanol–water partition coefficient (Wildman–Crippen LogP) is 3.28. The number of ether oxygens (including phenoxy) is 1. The van der Waals surface area contributed by atoms with Gasteiger partial charge in [-0.25, -0.2) is 0 Å². The normalized spacial score (nSPS) is 28.5. The number of halogens is 1. The number of guanidine groups is 1. The van der Waals surface area contributed by atoms with E-state index in [0.29, 0.717) is 18.1 Å². The Kier molecular flexibility index (Phi) is 6.74. The van der Waals surface area contributed by atoms with E-state index >= 15 is 0 Å². The van der Waals surface area contributed by atoms with Gasteiger partial charge in [-0.2, -0.15) is 0 Å². The van der Waals surface area contributed by atoms with Crippen molar-refractivity contribution in [1.82, 2.24) is 10.6 Å². The minimum absolute atomic E-state index is 0. The summed E-state index contributed by atoms with van der Waals surface area (Å²) < 4.78 is 5.87. The maximum Gasteiger partial charge on any atom is 0.191 e. The van der Waals surface area contributed by atoms with E-state index in [2.05, 4.69) is 48.9 Å². The Balaban J connectivity index is 0.00000192. The predicted molar refractivity (Wildman–Crippen MR) is 108 cm³/mol. The molecule has 3 rings (SSSR count). The van der Waals surface area contributed by atoms with Crippen molar-refractivity contribution in [2.24, 2.45) is 16.3 Å². The molecule has 1 aromatic rings. The van der Waals surface area contributed by atoms with Gasteiger partial charge in [-0.3, -0.25) is 4.99 Å². The smallest absolute Gasteiger partial charge is 0.191 e. The summed E-state index contributed by atoms with van der Waals surface area (Å²) in [6.45, 7) is 9.34. The molecule has 23 heavy (non-hydrogen) atoms. The molecule has 0 aromatic carbocycles. The minimum Gasteiger partial charge on any atom is -0.377 e. The van der Waals surface area contributed by atoms with Crippen LogP contribution in [0.3, 0.4) is 0 Å². The van der Waals surface area contributed by atoms with Gasteiger partial charge in [0, 0.05) is 48.4 Å². The summed E-state index contributed by atoms with van der Waals surface area (Å²) in [4.78, 5) is 6.15. The number of fused-ring (bicyclic) bond motifs is 1. The molecule has 1 aliphatic carbocycles. The van der Waals surface area contributed by atoms with Crippen molar-refractivity contribution in [2.45, 2.75) is 45.8 Å². The van der Waals surface area contributed by atoms with Crippen LogP contribution in [0.2, 0.25) is 0 Å². The van der Waals surface area contributed by atoms with Gasteiger partial charge in [-0.15, -0.1) is 35.3 Å². The molecular formula is C17H28IN3OS. The topological polar surface area (TPSA) is 45.7 Å². The molecule has 1 aliphatic heterocycles. The molecule has 130 valence electrons. The lowest BCUT2D eigenvalue weighted by Crippen LogP contribution is -2.68. The van der Waals surface area contributed by atoms with Crippen LogP contribution in [-0.4, -0.2) is 37.8 Å². The third-order valence-corrected chi connectivity index (χ3v) is 5.88. The SMILES string of the molecule is CCNC(=NCCc1cccs1)NC1C2CCOC2C1(C)C.I. The average Bonchev–Trinajstić information content (AvgIpc) is 3.14. The first-order valence-corrected chi connectivity index (χ1v) is 9.19. The summed E-state index contributed by atoms with van der Waals surface area (Å²) in [6.07, 6.45) is 2.59. The number of hydrogen-bond donors (Lipinski definition) is 2. The Hall–Kier alpha value is -0.340. The van der Waals surface area contributed by atoms with Crippen LogP contribution in [0.25, 0.3) is 0 Å². The monoisotopic (exact) mass is 449 g/mol.